The van der Waals surface area contributed by atoms with Gasteiger partial charge in [-0.3, -0.25) is 14.7 Å². The summed E-state index contributed by atoms with van der Waals surface area (Å²) in [6.07, 6.45) is 2.75. The van der Waals surface area contributed by atoms with Gasteiger partial charge in [-0.05, 0) is 57.0 Å². The maximum atomic E-state index is 11.9. The van der Waals surface area contributed by atoms with E-state index in [0.717, 1.165) is 83.3 Å². The number of halogens is 1. The number of aliphatic imine (C=N–C) groups is 1. The normalized spacial score (nSPS) is 18.0. The van der Waals surface area contributed by atoms with E-state index in [1.54, 1.807) is 7.11 Å². The highest BCUT2D eigenvalue weighted by Crippen LogP contribution is 2.21. The Kier molecular flexibility index (Phi) is 12.1. The number of benzene rings is 1. The largest absolute Gasteiger partial charge is 0.497 e. The minimum absolute atomic E-state index is 0. The molecule has 3 rings (SSSR count). The Balaban J connectivity index is 0.00000385. The van der Waals surface area contributed by atoms with Crippen molar-refractivity contribution in [2.75, 3.05) is 78.0 Å². The molecule has 1 aromatic carbocycles. The number of hydrogen-bond donors (Lipinski definition) is 1. The third-order valence-electron chi connectivity index (χ3n) is 6.37. The monoisotopic (exact) mass is 573 g/mol. The number of esters is 1. The average Bonchev–Trinajstić information content (AvgIpc) is 2.85. The number of nitrogens with one attached hydrogen (secondary N) is 1. The number of guanidine groups is 1. The summed E-state index contributed by atoms with van der Waals surface area (Å²) >= 11 is 0. The summed E-state index contributed by atoms with van der Waals surface area (Å²) in [5, 5.41) is 3.50. The number of hydrogen-bond acceptors (Lipinski definition) is 6. The second-order valence-electron chi connectivity index (χ2n) is 8.37. The summed E-state index contributed by atoms with van der Waals surface area (Å²) in [6.45, 7) is 10.3. The van der Waals surface area contributed by atoms with Crippen molar-refractivity contribution in [1.82, 2.24) is 15.1 Å². The number of piperidine rings is 1. The number of nitrogens with zero attached hydrogens (tertiary/aromatic N) is 4. The molecule has 0 bridgehead atoms. The lowest BCUT2D eigenvalue weighted by molar-refractivity contribution is -0.149. The molecular weight excluding hydrogens is 533 g/mol. The standard InChI is InChI=1S/C24H39N5O3.HI/c1-4-32-23(30)20-10-14-29(15-11-20)24(25-2)26-12-5-13-27-16-18-28(19-17-27)21-6-8-22(31-3)9-7-21;/h6-9,20H,4-5,10-19H2,1-3H3,(H,25,26);1H. The number of anilines is 1. The Hall–Kier alpha value is -1.75. The van der Waals surface area contributed by atoms with Crippen LogP contribution in [-0.2, 0) is 9.53 Å². The van der Waals surface area contributed by atoms with Crippen molar-refractivity contribution in [2.24, 2.45) is 10.9 Å². The zero-order valence-electron chi connectivity index (χ0n) is 20.3. The predicted octanol–water partition coefficient (Wildman–Crippen LogP) is 2.68. The molecule has 1 aromatic rings. The van der Waals surface area contributed by atoms with Gasteiger partial charge in [-0.15, -0.1) is 24.0 Å². The highest BCUT2D eigenvalue weighted by atomic mass is 127. The van der Waals surface area contributed by atoms with Crippen molar-refractivity contribution in [1.29, 1.82) is 0 Å². The van der Waals surface area contributed by atoms with Crippen LogP contribution in [0.25, 0.3) is 0 Å². The molecule has 2 heterocycles. The van der Waals surface area contributed by atoms with Crippen molar-refractivity contribution in [3.05, 3.63) is 24.3 Å². The highest BCUT2D eigenvalue weighted by molar-refractivity contribution is 14.0. The Morgan fingerprint density at radius 3 is 2.33 bits per heavy atom. The maximum absolute atomic E-state index is 11.9. The highest BCUT2D eigenvalue weighted by Gasteiger charge is 2.27. The number of carbonyl (C=O) groups is 1. The molecule has 8 nitrogen and oxygen atoms in total. The van der Waals surface area contributed by atoms with E-state index in [0.29, 0.717) is 6.61 Å². The van der Waals surface area contributed by atoms with E-state index in [4.69, 9.17) is 9.47 Å². The SMILES string of the molecule is CCOC(=O)C1CCN(C(=NC)NCCCN2CCN(c3ccc(OC)cc3)CC2)CC1.I. The van der Waals surface area contributed by atoms with E-state index in [1.807, 2.05) is 26.1 Å². The topological polar surface area (TPSA) is 69.6 Å². The molecule has 0 radical (unpaired) electrons. The molecule has 0 aromatic heterocycles. The fraction of sp³-hybridized carbons (Fsp3) is 0.667. The molecule has 9 heteroatoms. The third kappa shape index (κ3) is 8.20. The van der Waals surface area contributed by atoms with Gasteiger partial charge in [-0.25, -0.2) is 0 Å². The molecule has 2 saturated heterocycles. The van der Waals surface area contributed by atoms with Crippen molar-refractivity contribution >= 4 is 41.6 Å². The van der Waals surface area contributed by atoms with Crippen LogP contribution < -0.4 is 15.0 Å². The van der Waals surface area contributed by atoms with E-state index in [2.05, 4.69) is 37.1 Å². The van der Waals surface area contributed by atoms with Gasteiger partial charge in [-0.2, -0.15) is 0 Å². The van der Waals surface area contributed by atoms with Crippen molar-refractivity contribution < 1.29 is 14.3 Å². The van der Waals surface area contributed by atoms with E-state index < -0.39 is 0 Å². The summed E-state index contributed by atoms with van der Waals surface area (Å²) < 4.78 is 10.4. The van der Waals surface area contributed by atoms with Gasteiger partial charge in [0.1, 0.15) is 5.75 Å². The third-order valence-corrected chi connectivity index (χ3v) is 6.37. The van der Waals surface area contributed by atoms with Crippen LogP contribution in [0.2, 0.25) is 0 Å². The van der Waals surface area contributed by atoms with E-state index in [9.17, 15) is 4.79 Å². The summed E-state index contributed by atoms with van der Waals surface area (Å²) in [6, 6.07) is 8.33. The van der Waals surface area contributed by atoms with E-state index in [1.165, 1.54) is 5.69 Å². The molecule has 33 heavy (non-hydrogen) atoms. The summed E-state index contributed by atoms with van der Waals surface area (Å²) in [7, 11) is 3.53. The molecule has 0 saturated carbocycles. The van der Waals surface area contributed by atoms with Crippen LogP contribution in [0.3, 0.4) is 0 Å². The van der Waals surface area contributed by atoms with Gasteiger partial charge in [-0.1, -0.05) is 0 Å². The minimum Gasteiger partial charge on any atom is -0.497 e. The Labute approximate surface area is 215 Å². The molecule has 2 aliphatic rings. The Bertz CT molecular complexity index is 730. The van der Waals surface area contributed by atoms with Crippen LogP contribution in [0.4, 0.5) is 5.69 Å². The van der Waals surface area contributed by atoms with Gasteiger partial charge < -0.3 is 24.6 Å². The first-order valence-electron chi connectivity index (χ1n) is 11.9. The van der Waals surface area contributed by atoms with E-state index in [-0.39, 0.29) is 35.9 Å². The fourth-order valence-corrected chi connectivity index (χ4v) is 4.44. The van der Waals surface area contributed by atoms with Gasteiger partial charge in [0.25, 0.3) is 0 Å². The molecule has 0 unspecified atom stereocenters. The average molecular weight is 574 g/mol. The maximum Gasteiger partial charge on any atom is 0.309 e. The molecule has 1 N–H and O–H groups in total. The van der Waals surface area contributed by atoms with Gasteiger partial charge >= 0.3 is 5.97 Å². The van der Waals surface area contributed by atoms with Gasteiger partial charge in [0.05, 0.1) is 19.6 Å². The number of piperazine rings is 1. The minimum atomic E-state index is -0.0535. The van der Waals surface area contributed by atoms with Crippen molar-refractivity contribution in [3.8, 4) is 5.75 Å². The summed E-state index contributed by atoms with van der Waals surface area (Å²) in [5.41, 5.74) is 1.27. The van der Waals surface area contributed by atoms with Crippen molar-refractivity contribution in [2.45, 2.75) is 26.2 Å². The van der Waals surface area contributed by atoms with Crippen LogP contribution >= 0.6 is 24.0 Å². The second kappa shape index (κ2) is 14.5. The first-order chi connectivity index (χ1) is 15.6. The molecule has 0 amide bonds. The number of methoxy groups -OCH3 is 1. The second-order valence-corrected chi connectivity index (χ2v) is 8.37. The number of likely N-dealkylation sites (tertiary alicyclic amines) is 1. The van der Waals surface area contributed by atoms with Crippen LogP contribution in [0.15, 0.2) is 29.3 Å². The predicted molar refractivity (Wildman–Crippen MR) is 144 cm³/mol. The van der Waals surface area contributed by atoms with Gasteiger partial charge in [0, 0.05) is 58.5 Å². The summed E-state index contributed by atoms with van der Waals surface area (Å²) in [5.74, 6) is 1.82. The van der Waals surface area contributed by atoms with Crippen molar-refractivity contribution in [3.63, 3.8) is 0 Å². The number of ether oxygens (including phenoxy) is 2. The number of rotatable bonds is 8. The Morgan fingerprint density at radius 1 is 1.09 bits per heavy atom. The van der Waals surface area contributed by atoms with Crippen LogP contribution in [0, 0.1) is 5.92 Å². The Morgan fingerprint density at radius 2 is 1.76 bits per heavy atom. The van der Waals surface area contributed by atoms with Crippen LogP contribution in [0.5, 0.6) is 5.75 Å². The quantitative estimate of drug-likeness (QED) is 0.169. The molecule has 186 valence electrons. The molecule has 2 fully saturated rings. The zero-order valence-corrected chi connectivity index (χ0v) is 22.6. The lowest BCUT2D eigenvalue weighted by Gasteiger charge is -2.36. The van der Waals surface area contributed by atoms with Crippen LogP contribution in [0.1, 0.15) is 26.2 Å². The molecular formula is C24H40IN5O3. The molecule has 0 spiro atoms. The van der Waals surface area contributed by atoms with Gasteiger partial charge in [0.15, 0.2) is 5.96 Å². The number of carbonyl (C=O) groups excluding carboxylic acids is 1. The first-order valence-corrected chi connectivity index (χ1v) is 11.9. The summed E-state index contributed by atoms with van der Waals surface area (Å²) in [4.78, 5) is 23.6. The molecule has 0 aliphatic carbocycles. The van der Waals surface area contributed by atoms with Gasteiger partial charge in [0.2, 0.25) is 0 Å². The molecule has 0 atom stereocenters. The first kappa shape index (κ1) is 27.5. The zero-order chi connectivity index (χ0) is 22.8. The fourth-order valence-electron chi connectivity index (χ4n) is 4.44. The van der Waals surface area contributed by atoms with E-state index >= 15 is 0 Å². The van der Waals surface area contributed by atoms with Crippen LogP contribution in [-0.4, -0.2) is 94.9 Å². The molecule has 2 aliphatic heterocycles. The smallest absolute Gasteiger partial charge is 0.309 e. The lowest BCUT2D eigenvalue weighted by atomic mass is 9.97. The lowest BCUT2D eigenvalue weighted by Crippen LogP contribution is -2.48.